The maximum atomic E-state index is 0. The van der Waals surface area contributed by atoms with Crippen molar-refractivity contribution in [3.63, 3.8) is 0 Å². The van der Waals surface area contributed by atoms with Gasteiger partial charge in [-0.25, -0.2) is 0 Å². The minimum Gasteiger partial charge on any atom is -1.00 e. The van der Waals surface area contributed by atoms with Crippen molar-refractivity contribution in [1.82, 2.24) is 0 Å². The molecule has 0 rings (SSSR count). The zero-order chi connectivity index (χ0) is 0. The van der Waals surface area contributed by atoms with E-state index in [9.17, 15) is 0 Å². The summed E-state index contributed by atoms with van der Waals surface area (Å²) in [5.74, 6) is 0. The Labute approximate surface area is 103 Å². The van der Waals surface area contributed by atoms with Crippen LogP contribution < -0.4 is 0 Å². The molecule has 0 unspecified atom stereocenters. The molecule has 2 N–H and O–H groups in total. The summed E-state index contributed by atoms with van der Waals surface area (Å²) in [5, 5.41) is 0. The van der Waals surface area contributed by atoms with E-state index in [0.717, 1.165) is 0 Å². The van der Waals surface area contributed by atoms with Gasteiger partial charge in [0.25, 0.3) is 0 Å². The largest absolute Gasteiger partial charge is 2.00 e. The molecule has 0 atom stereocenters. The first kappa shape index (κ1) is 27.4. The summed E-state index contributed by atoms with van der Waals surface area (Å²) in [7, 11) is 0. The molecular weight excluding hydrogens is 301 g/mol. The molecule has 1 radical (unpaired) electrons. The molecule has 4 heteroatoms. The van der Waals surface area contributed by atoms with E-state index in [4.69, 9.17) is 0 Å². The molecule has 0 spiro atoms. The molecule has 0 saturated heterocycles. The van der Waals surface area contributed by atoms with Crippen molar-refractivity contribution in [3.05, 3.63) is 0 Å². The van der Waals surface area contributed by atoms with Crippen molar-refractivity contribution < 1.29 is 60.4 Å². The molecule has 4 heavy (non-hydrogen) atoms. The third kappa shape index (κ3) is 8.93. The van der Waals surface area contributed by atoms with Gasteiger partial charge in [-0.2, -0.15) is 0 Å². The molecule has 0 aromatic carbocycles. The van der Waals surface area contributed by atoms with Crippen LogP contribution in [0.1, 0.15) is 2.85 Å². The minimum absolute atomic E-state index is 0. The first-order valence-electron chi connectivity index (χ1n) is 0. The van der Waals surface area contributed by atoms with E-state index in [-0.39, 0.29) is 106 Å². The van der Waals surface area contributed by atoms with Gasteiger partial charge in [-0.05, 0) is 0 Å². The van der Waals surface area contributed by atoms with E-state index in [1.54, 1.807) is 0 Å². The van der Waals surface area contributed by atoms with Crippen LogP contribution >= 0.6 is 0 Å². The van der Waals surface area contributed by atoms with Crippen molar-refractivity contribution in [2.45, 2.75) is 0 Å². The van der Waals surface area contributed by atoms with Crippen LogP contribution in [0.5, 0.6) is 0 Å². The van der Waals surface area contributed by atoms with Crippen LogP contribution in [0.4, 0.5) is 0 Å². The average Bonchev–Trinajstić information content (AvgIpc) is 0. The van der Waals surface area contributed by atoms with E-state index in [0.29, 0.717) is 0 Å². The summed E-state index contributed by atoms with van der Waals surface area (Å²) >= 11 is 0. The van der Waals surface area contributed by atoms with E-state index in [2.05, 4.69) is 0 Å². The second kappa shape index (κ2) is 16.5. The molecule has 0 aromatic rings. The second-order valence-electron chi connectivity index (χ2n) is 0. The Morgan fingerprint density at radius 3 is 1.25 bits per heavy atom. The van der Waals surface area contributed by atoms with E-state index < -0.39 is 0 Å². The third-order valence-electron chi connectivity index (χ3n) is 0. The van der Waals surface area contributed by atoms with Gasteiger partial charge in [-0.15, -0.1) is 0 Å². The molecule has 0 heterocycles. The van der Waals surface area contributed by atoms with Gasteiger partial charge in [0.05, 0.1) is 0 Å². The minimum atomic E-state index is 0. The Morgan fingerprint density at radius 2 is 1.25 bits per heavy atom. The van der Waals surface area contributed by atoms with Gasteiger partial charge >= 0.3 is 45.5 Å². The summed E-state index contributed by atoms with van der Waals surface area (Å²) in [4.78, 5) is 0. The van der Waals surface area contributed by atoms with Crippen LogP contribution in [0.2, 0.25) is 0 Å². The van der Waals surface area contributed by atoms with Crippen LogP contribution in [0.15, 0.2) is 0 Å². The Morgan fingerprint density at radius 1 is 1.25 bits per heavy atom. The SMILES string of the molecule is O.[H-].[H-].[La].[Ni].[Sr+2]. The van der Waals surface area contributed by atoms with Crippen molar-refractivity contribution in [1.29, 1.82) is 0 Å². The fourth-order valence-electron chi connectivity index (χ4n) is 0. The molecule has 0 aliphatic heterocycles. The Kier molecular flexibility index (Phi) is 113. The Bertz CT molecular complexity index is 13.5. The molecule has 0 saturated carbocycles. The van der Waals surface area contributed by atoms with Crippen LogP contribution in [0.3, 0.4) is 0 Å². The normalized spacial score (nSPS) is 0. The van der Waals surface area contributed by atoms with Gasteiger partial charge in [-0.3, -0.25) is 0 Å². The summed E-state index contributed by atoms with van der Waals surface area (Å²) < 4.78 is 0. The first-order valence-corrected chi connectivity index (χ1v) is 0. The predicted octanol–water partition coefficient (Wildman–Crippen LogP) is -0.983. The Balaban J connectivity index is 0. The fraction of sp³-hybridized carbons (Fsp3) is 0. The fourth-order valence-corrected chi connectivity index (χ4v) is 0. The smallest absolute Gasteiger partial charge is 1.00 e. The molecule has 0 amide bonds. The van der Waals surface area contributed by atoms with Crippen molar-refractivity contribution in [3.8, 4) is 0 Å². The summed E-state index contributed by atoms with van der Waals surface area (Å²) in [5.41, 5.74) is 0. The number of hydrogen-bond acceptors (Lipinski definition) is 0. The molecule has 0 aliphatic rings. The van der Waals surface area contributed by atoms with E-state index in [1.165, 1.54) is 0 Å². The third-order valence-corrected chi connectivity index (χ3v) is 0. The standard InChI is InChI=1S/La.Ni.H2O.Sr.2H/h;;1H2;;;/q;;;+2;2*-1. The van der Waals surface area contributed by atoms with Crippen molar-refractivity contribution in [2.24, 2.45) is 0 Å². The maximum Gasteiger partial charge on any atom is 2.00 e. The van der Waals surface area contributed by atoms with Gasteiger partial charge < -0.3 is 8.33 Å². The summed E-state index contributed by atoms with van der Waals surface area (Å²) in [6.07, 6.45) is 0. The number of hydrogen-bond donors (Lipinski definition) is 0. The van der Waals surface area contributed by atoms with Crippen LogP contribution in [0.25, 0.3) is 0 Å². The topological polar surface area (TPSA) is 31.5 Å². The second-order valence-corrected chi connectivity index (χ2v) is 0. The summed E-state index contributed by atoms with van der Waals surface area (Å²) in [6, 6.07) is 0. The van der Waals surface area contributed by atoms with Crippen molar-refractivity contribution in [2.75, 3.05) is 0 Å². The molecule has 0 fully saturated rings. The van der Waals surface area contributed by atoms with Crippen molar-refractivity contribution >= 4 is 45.5 Å². The van der Waals surface area contributed by atoms with Gasteiger partial charge in [0.15, 0.2) is 0 Å². The summed E-state index contributed by atoms with van der Waals surface area (Å²) in [6.45, 7) is 0. The van der Waals surface area contributed by atoms with E-state index in [1.807, 2.05) is 0 Å². The first-order chi connectivity index (χ1) is 0. The monoisotopic (exact) mass is 305 g/mol. The molecule has 0 bridgehead atoms. The molecule has 25 valence electrons. The van der Waals surface area contributed by atoms with Gasteiger partial charge in [0.1, 0.15) is 0 Å². The zero-order valence-electron chi connectivity index (χ0n) is 4.10. The van der Waals surface area contributed by atoms with Gasteiger partial charge in [0, 0.05) is 52.1 Å². The molecule has 1 nitrogen and oxygen atoms in total. The molecule has 0 aromatic heterocycles. The average molecular weight is 305 g/mol. The quantitative estimate of drug-likeness (QED) is 0.515. The number of rotatable bonds is 0. The zero-order valence-corrected chi connectivity index (χ0v) is 10.2. The van der Waals surface area contributed by atoms with Crippen LogP contribution in [0, 0.1) is 35.6 Å². The van der Waals surface area contributed by atoms with E-state index >= 15 is 0 Å². The predicted molar refractivity (Wildman–Crippen MR) is 11.6 cm³/mol. The van der Waals surface area contributed by atoms with Gasteiger partial charge in [-0.1, -0.05) is 0 Å². The maximum absolute atomic E-state index is 0. The van der Waals surface area contributed by atoms with Crippen LogP contribution in [-0.4, -0.2) is 51.0 Å². The molecule has 0 aliphatic carbocycles. The van der Waals surface area contributed by atoms with Gasteiger partial charge in [0.2, 0.25) is 0 Å². The van der Waals surface area contributed by atoms with Crippen LogP contribution in [-0.2, 0) is 16.5 Å². The molecular formula is H4LaNiOSr. The Hall–Kier alpha value is 3.13.